The fraction of sp³-hybridized carbons (Fsp3) is 1.00. The zero-order chi connectivity index (χ0) is 14.1. The molecule has 1 aliphatic rings. The molecule has 0 radical (unpaired) electrons. The molecule has 0 amide bonds. The summed E-state index contributed by atoms with van der Waals surface area (Å²) in [5.74, 6) is 0. The van der Waals surface area contributed by atoms with Crippen LogP contribution < -0.4 is 5.32 Å². The van der Waals surface area contributed by atoms with Gasteiger partial charge >= 0.3 is 0 Å². The molecule has 1 saturated carbocycles. The maximum absolute atomic E-state index is 3.82. The molecular weight excluding hydrogens is 232 g/mol. The average molecular weight is 268 g/mol. The van der Waals surface area contributed by atoms with Gasteiger partial charge in [-0.3, -0.25) is 4.90 Å². The molecule has 1 aliphatic carbocycles. The third-order valence-corrected chi connectivity index (χ3v) is 4.35. The molecule has 2 atom stereocenters. The molecule has 0 heterocycles. The predicted molar refractivity (Wildman–Crippen MR) is 85.7 cm³/mol. The third-order valence-electron chi connectivity index (χ3n) is 4.35. The van der Waals surface area contributed by atoms with Crippen molar-refractivity contribution in [3.8, 4) is 0 Å². The highest BCUT2D eigenvalue weighted by Gasteiger charge is 2.35. The number of nitrogens with one attached hydrogen (secondary N) is 1. The standard InChI is InChI=1S/C17H36N2/c1-5-9-14-19(15-11-12-15)17(8-4)16(10-6-2)18-13-7-3/h15-18H,5-14H2,1-4H3. The third kappa shape index (κ3) is 5.83. The molecule has 2 nitrogen and oxygen atoms in total. The number of hydrogen-bond acceptors (Lipinski definition) is 2. The maximum Gasteiger partial charge on any atom is 0.0249 e. The van der Waals surface area contributed by atoms with Crippen LogP contribution in [0.25, 0.3) is 0 Å². The van der Waals surface area contributed by atoms with Crippen molar-refractivity contribution in [2.45, 2.75) is 97.2 Å². The summed E-state index contributed by atoms with van der Waals surface area (Å²) in [6.07, 6.45) is 10.7. The van der Waals surface area contributed by atoms with Gasteiger partial charge in [-0.2, -0.15) is 0 Å². The first-order valence-corrected chi connectivity index (χ1v) is 8.77. The second kappa shape index (κ2) is 9.77. The maximum atomic E-state index is 3.82. The van der Waals surface area contributed by atoms with Crippen LogP contribution in [0.1, 0.15) is 79.1 Å². The van der Waals surface area contributed by atoms with Crippen LogP contribution >= 0.6 is 0 Å². The average Bonchev–Trinajstić information content (AvgIpc) is 3.24. The zero-order valence-electron chi connectivity index (χ0n) is 13.8. The largest absolute Gasteiger partial charge is 0.312 e. The Labute approximate surface area is 121 Å². The molecular formula is C17H36N2. The minimum Gasteiger partial charge on any atom is -0.312 e. The molecule has 0 aliphatic heterocycles. The lowest BCUT2D eigenvalue weighted by molar-refractivity contribution is 0.135. The van der Waals surface area contributed by atoms with Gasteiger partial charge in [-0.05, 0) is 51.6 Å². The Hall–Kier alpha value is -0.0800. The Morgan fingerprint density at radius 2 is 1.79 bits per heavy atom. The molecule has 2 heteroatoms. The number of nitrogens with zero attached hydrogens (tertiary/aromatic N) is 1. The Kier molecular flexibility index (Phi) is 8.72. The van der Waals surface area contributed by atoms with Crippen molar-refractivity contribution >= 4 is 0 Å². The van der Waals surface area contributed by atoms with Crippen molar-refractivity contribution in [1.82, 2.24) is 10.2 Å². The molecule has 1 rings (SSSR count). The lowest BCUT2D eigenvalue weighted by Gasteiger charge is -2.37. The van der Waals surface area contributed by atoms with Crippen molar-refractivity contribution in [1.29, 1.82) is 0 Å². The summed E-state index contributed by atoms with van der Waals surface area (Å²) >= 11 is 0. The highest BCUT2D eigenvalue weighted by Crippen LogP contribution is 2.31. The lowest BCUT2D eigenvalue weighted by Crippen LogP contribution is -2.51. The minimum absolute atomic E-state index is 0.701. The van der Waals surface area contributed by atoms with Gasteiger partial charge in [0, 0.05) is 18.1 Å². The van der Waals surface area contributed by atoms with Crippen LogP contribution in [0.5, 0.6) is 0 Å². The van der Waals surface area contributed by atoms with Gasteiger partial charge < -0.3 is 5.32 Å². The molecule has 19 heavy (non-hydrogen) atoms. The minimum atomic E-state index is 0.701. The topological polar surface area (TPSA) is 15.3 Å². The first-order valence-electron chi connectivity index (χ1n) is 8.77. The SMILES string of the molecule is CCCCN(C1CC1)C(CC)C(CCC)NCCC. The van der Waals surface area contributed by atoms with Gasteiger partial charge in [0.25, 0.3) is 0 Å². The molecule has 2 unspecified atom stereocenters. The van der Waals surface area contributed by atoms with Crippen LogP contribution in [0.2, 0.25) is 0 Å². The highest BCUT2D eigenvalue weighted by atomic mass is 15.2. The summed E-state index contributed by atoms with van der Waals surface area (Å²) < 4.78 is 0. The van der Waals surface area contributed by atoms with Crippen molar-refractivity contribution in [2.75, 3.05) is 13.1 Å². The summed E-state index contributed by atoms with van der Waals surface area (Å²) in [6.45, 7) is 11.8. The summed E-state index contributed by atoms with van der Waals surface area (Å²) in [5, 5.41) is 3.82. The monoisotopic (exact) mass is 268 g/mol. The van der Waals surface area contributed by atoms with Crippen molar-refractivity contribution in [3.05, 3.63) is 0 Å². The number of rotatable bonds is 12. The quantitative estimate of drug-likeness (QED) is 0.571. The highest BCUT2D eigenvalue weighted by molar-refractivity contribution is 4.93. The van der Waals surface area contributed by atoms with Crippen molar-refractivity contribution in [3.63, 3.8) is 0 Å². The van der Waals surface area contributed by atoms with Gasteiger partial charge in [0.15, 0.2) is 0 Å². The molecule has 1 N–H and O–H groups in total. The second-order valence-corrected chi connectivity index (χ2v) is 6.15. The summed E-state index contributed by atoms with van der Waals surface area (Å²) in [7, 11) is 0. The van der Waals surface area contributed by atoms with Crippen LogP contribution in [0.3, 0.4) is 0 Å². The van der Waals surface area contributed by atoms with Gasteiger partial charge in [-0.1, -0.05) is 40.5 Å². The van der Waals surface area contributed by atoms with Crippen LogP contribution in [0.4, 0.5) is 0 Å². The molecule has 114 valence electrons. The van der Waals surface area contributed by atoms with Crippen LogP contribution in [0, 0.1) is 0 Å². The smallest absolute Gasteiger partial charge is 0.0249 e. The van der Waals surface area contributed by atoms with Crippen molar-refractivity contribution in [2.24, 2.45) is 0 Å². The molecule has 0 aromatic rings. The molecule has 0 aromatic heterocycles. The van der Waals surface area contributed by atoms with Gasteiger partial charge in [-0.25, -0.2) is 0 Å². The molecule has 0 aromatic carbocycles. The van der Waals surface area contributed by atoms with E-state index in [0.717, 1.165) is 12.1 Å². The van der Waals surface area contributed by atoms with Gasteiger partial charge in [0.05, 0.1) is 0 Å². The van der Waals surface area contributed by atoms with Crippen molar-refractivity contribution < 1.29 is 0 Å². The Bertz CT molecular complexity index is 213. The van der Waals surface area contributed by atoms with E-state index in [1.165, 1.54) is 64.5 Å². The van der Waals surface area contributed by atoms with E-state index >= 15 is 0 Å². The Morgan fingerprint density at radius 1 is 1.05 bits per heavy atom. The summed E-state index contributed by atoms with van der Waals surface area (Å²) in [6, 6.07) is 2.36. The molecule has 0 spiro atoms. The fourth-order valence-corrected chi connectivity index (χ4v) is 3.19. The van der Waals surface area contributed by atoms with E-state index < -0.39 is 0 Å². The van der Waals surface area contributed by atoms with E-state index in [2.05, 4.69) is 37.9 Å². The number of hydrogen-bond donors (Lipinski definition) is 1. The van der Waals surface area contributed by atoms with E-state index in [1.807, 2.05) is 0 Å². The van der Waals surface area contributed by atoms with Gasteiger partial charge in [0.2, 0.25) is 0 Å². The molecule has 0 saturated heterocycles. The Balaban J connectivity index is 2.61. The second-order valence-electron chi connectivity index (χ2n) is 6.15. The van der Waals surface area contributed by atoms with Gasteiger partial charge in [0.1, 0.15) is 0 Å². The summed E-state index contributed by atoms with van der Waals surface area (Å²) in [5.41, 5.74) is 0. The first kappa shape index (κ1) is 17.0. The van der Waals surface area contributed by atoms with E-state index in [9.17, 15) is 0 Å². The van der Waals surface area contributed by atoms with E-state index in [0.29, 0.717) is 6.04 Å². The van der Waals surface area contributed by atoms with E-state index in [1.54, 1.807) is 0 Å². The van der Waals surface area contributed by atoms with Crippen LogP contribution in [-0.4, -0.2) is 36.1 Å². The molecule has 0 bridgehead atoms. The lowest BCUT2D eigenvalue weighted by atomic mass is 9.98. The normalized spacial score (nSPS) is 18.8. The Morgan fingerprint density at radius 3 is 2.26 bits per heavy atom. The zero-order valence-corrected chi connectivity index (χ0v) is 13.8. The van der Waals surface area contributed by atoms with E-state index in [4.69, 9.17) is 0 Å². The van der Waals surface area contributed by atoms with Crippen LogP contribution in [0.15, 0.2) is 0 Å². The predicted octanol–water partition coefficient (Wildman–Crippen LogP) is 4.20. The van der Waals surface area contributed by atoms with Gasteiger partial charge in [-0.15, -0.1) is 0 Å². The van der Waals surface area contributed by atoms with Crippen LogP contribution in [-0.2, 0) is 0 Å². The number of unbranched alkanes of at least 4 members (excludes halogenated alkanes) is 1. The fourth-order valence-electron chi connectivity index (χ4n) is 3.19. The summed E-state index contributed by atoms with van der Waals surface area (Å²) in [4.78, 5) is 2.84. The molecule has 1 fully saturated rings. The van der Waals surface area contributed by atoms with E-state index in [-0.39, 0.29) is 0 Å². The first-order chi connectivity index (χ1) is 9.28.